The predicted octanol–water partition coefficient (Wildman–Crippen LogP) is 1.54. The molecule has 19 heavy (non-hydrogen) atoms. The van der Waals surface area contributed by atoms with Crippen molar-refractivity contribution in [3.63, 3.8) is 0 Å². The van der Waals surface area contributed by atoms with E-state index in [2.05, 4.69) is 0 Å². The first-order valence-corrected chi connectivity index (χ1v) is 6.31. The van der Waals surface area contributed by atoms with E-state index in [9.17, 15) is 9.59 Å². The van der Waals surface area contributed by atoms with Crippen LogP contribution in [-0.2, 0) is 9.59 Å². The first-order valence-electron chi connectivity index (χ1n) is 6.31. The van der Waals surface area contributed by atoms with E-state index in [1.54, 1.807) is 4.90 Å². The Hall–Kier alpha value is -1.88. The number of carboxylic acids is 1. The third-order valence-electron chi connectivity index (χ3n) is 2.97. The van der Waals surface area contributed by atoms with Crippen molar-refractivity contribution in [3.8, 4) is 0 Å². The van der Waals surface area contributed by atoms with Crippen molar-refractivity contribution >= 4 is 17.6 Å². The Morgan fingerprint density at radius 3 is 2.53 bits per heavy atom. The van der Waals surface area contributed by atoms with Gasteiger partial charge in [-0.25, -0.2) is 0 Å². The van der Waals surface area contributed by atoms with Crippen LogP contribution in [0.2, 0.25) is 0 Å². The maximum absolute atomic E-state index is 12.2. The molecule has 1 aromatic carbocycles. The molecule has 0 heterocycles. The molecule has 0 bridgehead atoms. The summed E-state index contributed by atoms with van der Waals surface area (Å²) in [6, 6.07) is 6.77. The molecule has 0 radical (unpaired) electrons. The van der Waals surface area contributed by atoms with E-state index in [1.165, 1.54) is 0 Å². The summed E-state index contributed by atoms with van der Waals surface area (Å²) in [6.45, 7) is 4.30. The maximum atomic E-state index is 12.2. The SMILES string of the molecule is CCN(C(=O)C(N)CCC(=O)O)c1ccccc1C. The maximum Gasteiger partial charge on any atom is 0.303 e. The molecule has 0 aliphatic heterocycles. The van der Waals surface area contributed by atoms with E-state index >= 15 is 0 Å². The van der Waals surface area contributed by atoms with Crippen molar-refractivity contribution in [2.45, 2.75) is 32.7 Å². The molecule has 0 fully saturated rings. The fourth-order valence-electron chi connectivity index (χ4n) is 1.91. The Balaban J connectivity index is 2.82. The summed E-state index contributed by atoms with van der Waals surface area (Å²) in [5.74, 6) is -1.18. The Bertz CT molecular complexity index is 460. The molecule has 1 rings (SSSR count). The van der Waals surface area contributed by atoms with Crippen LogP contribution >= 0.6 is 0 Å². The quantitative estimate of drug-likeness (QED) is 0.816. The van der Waals surface area contributed by atoms with Crippen LogP contribution in [0.4, 0.5) is 5.69 Å². The molecule has 1 atom stereocenters. The zero-order chi connectivity index (χ0) is 14.4. The number of aryl methyl sites for hydroxylation is 1. The van der Waals surface area contributed by atoms with Crippen LogP contribution in [0.15, 0.2) is 24.3 Å². The molecule has 0 saturated heterocycles. The second-order valence-corrected chi connectivity index (χ2v) is 4.41. The highest BCUT2D eigenvalue weighted by atomic mass is 16.4. The number of hydrogen-bond donors (Lipinski definition) is 2. The number of anilines is 1. The number of nitrogens with two attached hydrogens (primary N) is 1. The summed E-state index contributed by atoms with van der Waals surface area (Å²) in [5, 5.41) is 8.62. The highest BCUT2D eigenvalue weighted by Crippen LogP contribution is 2.20. The van der Waals surface area contributed by atoms with Crippen LogP contribution in [0.1, 0.15) is 25.3 Å². The van der Waals surface area contributed by atoms with Crippen LogP contribution in [0.5, 0.6) is 0 Å². The van der Waals surface area contributed by atoms with Crippen LogP contribution in [0.3, 0.4) is 0 Å². The Labute approximate surface area is 113 Å². The van der Waals surface area contributed by atoms with Gasteiger partial charge in [-0.2, -0.15) is 0 Å². The van der Waals surface area contributed by atoms with E-state index in [4.69, 9.17) is 10.8 Å². The first kappa shape index (κ1) is 15.2. The molecule has 0 saturated carbocycles. The van der Waals surface area contributed by atoms with Crippen molar-refractivity contribution < 1.29 is 14.7 Å². The first-order chi connectivity index (χ1) is 8.97. The van der Waals surface area contributed by atoms with Gasteiger partial charge >= 0.3 is 5.97 Å². The number of amides is 1. The van der Waals surface area contributed by atoms with Crippen LogP contribution in [0.25, 0.3) is 0 Å². The average Bonchev–Trinajstić information content (AvgIpc) is 2.38. The molecular weight excluding hydrogens is 244 g/mol. The van der Waals surface area contributed by atoms with Crippen molar-refractivity contribution in [1.29, 1.82) is 0 Å². The van der Waals surface area contributed by atoms with Gasteiger partial charge in [0.15, 0.2) is 0 Å². The number of benzene rings is 1. The fraction of sp³-hybridized carbons (Fsp3) is 0.429. The molecule has 0 aliphatic carbocycles. The second-order valence-electron chi connectivity index (χ2n) is 4.41. The molecule has 104 valence electrons. The zero-order valence-corrected chi connectivity index (χ0v) is 11.3. The third-order valence-corrected chi connectivity index (χ3v) is 2.97. The van der Waals surface area contributed by atoms with Gasteiger partial charge < -0.3 is 15.7 Å². The van der Waals surface area contributed by atoms with Gasteiger partial charge in [0, 0.05) is 18.7 Å². The van der Waals surface area contributed by atoms with E-state index < -0.39 is 12.0 Å². The van der Waals surface area contributed by atoms with Crippen LogP contribution < -0.4 is 10.6 Å². The molecule has 1 amide bonds. The number of rotatable bonds is 6. The van der Waals surface area contributed by atoms with Crippen molar-refractivity contribution in [2.24, 2.45) is 5.73 Å². The molecule has 1 unspecified atom stereocenters. The largest absolute Gasteiger partial charge is 0.481 e. The minimum atomic E-state index is -0.942. The van der Waals surface area contributed by atoms with Crippen LogP contribution in [0, 0.1) is 6.92 Å². The number of hydrogen-bond acceptors (Lipinski definition) is 3. The third kappa shape index (κ3) is 4.06. The Morgan fingerprint density at radius 1 is 1.37 bits per heavy atom. The zero-order valence-electron chi connectivity index (χ0n) is 11.3. The van der Waals surface area contributed by atoms with E-state index in [-0.39, 0.29) is 18.7 Å². The lowest BCUT2D eigenvalue weighted by atomic mass is 10.1. The van der Waals surface area contributed by atoms with Gasteiger partial charge in [0.25, 0.3) is 0 Å². The molecule has 0 aliphatic rings. The van der Waals surface area contributed by atoms with Crippen molar-refractivity contribution in [2.75, 3.05) is 11.4 Å². The van der Waals surface area contributed by atoms with Gasteiger partial charge in [-0.3, -0.25) is 9.59 Å². The normalized spacial score (nSPS) is 11.9. The average molecular weight is 264 g/mol. The minimum absolute atomic E-state index is 0.0990. The standard InChI is InChI=1S/C14H20N2O3/c1-3-16(12-7-5-4-6-10(12)2)14(19)11(15)8-9-13(17)18/h4-7,11H,3,8-9,15H2,1-2H3,(H,17,18). The predicted molar refractivity (Wildman–Crippen MR) is 74.1 cm³/mol. The molecular formula is C14H20N2O3. The van der Waals surface area contributed by atoms with Gasteiger partial charge in [0.2, 0.25) is 5.91 Å². The lowest BCUT2D eigenvalue weighted by Gasteiger charge is -2.25. The summed E-state index contributed by atoms with van der Waals surface area (Å²) in [4.78, 5) is 24.4. The van der Waals surface area contributed by atoms with Gasteiger partial charge in [-0.1, -0.05) is 18.2 Å². The van der Waals surface area contributed by atoms with E-state index in [0.29, 0.717) is 6.54 Å². The lowest BCUT2D eigenvalue weighted by Crippen LogP contribution is -2.44. The topological polar surface area (TPSA) is 83.6 Å². The molecule has 1 aromatic rings. The van der Waals surface area contributed by atoms with Gasteiger partial charge in [0.1, 0.15) is 0 Å². The highest BCUT2D eigenvalue weighted by molar-refractivity contribution is 5.97. The minimum Gasteiger partial charge on any atom is -0.481 e. The van der Waals surface area contributed by atoms with Gasteiger partial charge in [-0.15, -0.1) is 0 Å². The summed E-state index contributed by atoms with van der Waals surface area (Å²) in [6.07, 6.45) is 0.0504. The number of carboxylic acid groups (broad SMARTS) is 1. The number of carbonyl (C=O) groups excluding carboxylic acids is 1. The van der Waals surface area contributed by atoms with E-state index in [1.807, 2.05) is 38.1 Å². The Morgan fingerprint density at radius 2 is 2.00 bits per heavy atom. The smallest absolute Gasteiger partial charge is 0.303 e. The lowest BCUT2D eigenvalue weighted by molar-refractivity contribution is -0.137. The summed E-state index contributed by atoms with van der Waals surface area (Å²) < 4.78 is 0. The number of nitrogens with zero attached hydrogens (tertiary/aromatic N) is 1. The number of carbonyl (C=O) groups is 2. The van der Waals surface area contributed by atoms with Crippen molar-refractivity contribution in [1.82, 2.24) is 0 Å². The number of likely N-dealkylation sites (N-methyl/N-ethyl adjacent to an activating group) is 1. The second kappa shape index (κ2) is 6.89. The van der Waals surface area contributed by atoms with Gasteiger partial charge in [0.05, 0.1) is 6.04 Å². The molecule has 0 spiro atoms. The summed E-state index contributed by atoms with van der Waals surface area (Å²) in [7, 11) is 0. The molecule has 3 N–H and O–H groups in total. The van der Waals surface area contributed by atoms with Gasteiger partial charge in [-0.05, 0) is 31.9 Å². The number of para-hydroxylation sites is 1. The van der Waals surface area contributed by atoms with Crippen LogP contribution in [-0.4, -0.2) is 29.6 Å². The fourth-order valence-corrected chi connectivity index (χ4v) is 1.91. The summed E-state index contributed by atoms with van der Waals surface area (Å²) >= 11 is 0. The molecule has 0 aromatic heterocycles. The highest BCUT2D eigenvalue weighted by Gasteiger charge is 2.22. The molecule has 5 nitrogen and oxygen atoms in total. The number of aliphatic carboxylic acids is 1. The molecule has 5 heteroatoms. The monoisotopic (exact) mass is 264 g/mol. The van der Waals surface area contributed by atoms with E-state index in [0.717, 1.165) is 11.3 Å². The summed E-state index contributed by atoms with van der Waals surface area (Å²) in [5.41, 5.74) is 7.58. The van der Waals surface area contributed by atoms with Crippen molar-refractivity contribution in [3.05, 3.63) is 29.8 Å². The Kier molecular flexibility index (Phi) is 5.51.